The number of aromatic nitrogens is 6. The number of aryl methyl sites for hydroxylation is 1. The van der Waals surface area contributed by atoms with Crippen LogP contribution in [0.5, 0.6) is 0 Å². The SMILES string of the molecule is Cc1ncn(CCNC(=O)c2ccc(-n3cccn3)nn2)c(=O)c1C. The Kier molecular flexibility index (Phi) is 4.64. The molecule has 9 heteroatoms. The molecule has 0 saturated carbocycles. The van der Waals surface area contributed by atoms with Gasteiger partial charge in [0.2, 0.25) is 0 Å². The molecule has 0 aliphatic carbocycles. The van der Waals surface area contributed by atoms with E-state index in [9.17, 15) is 9.59 Å². The van der Waals surface area contributed by atoms with Crippen molar-refractivity contribution >= 4 is 5.91 Å². The van der Waals surface area contributed by atoms with Gasteiger partial charge in [-0.2, -0.15) is 5.10 Å². The minimum absolute atomic E-state index is 0.106. The van der Waals surface area contributed by atoms with Crippen LogP contribution in [-0.2, 0) is 6.54 Å². The van der Waals surface area contributed by atoms with Crippen LogP contribution in [0.25, 0.3) is 5.82 Å². The van der Waals surface area contributed by atoms with E-state index in [1.165, 1.54) is 10.9 Å². The number of carbonyl (C=O) groups is 1. The molecule has 0 radical (unpaired) electrons. The van der Waals surface area contributed by atoms with E-state index in [2.05, 4.69) is 25.6 Å². The molecule has 0 unspecified atom stereocenters. The quantitative estimate of drug-likeness (QED) is 0.715. The third kappa shape index (κ3) is 3.60. The van der Waals surface area contributed by atoms with Crippen LogP contribution in [0.3, 0.4) is 0 Å². The molecule has 0 aromatic carbocycles. The first kappa shape index (κ1) is 16.5. The topological polar surface area (TPSA) is 108 Å². The second-order valence-electron chi connectivity index (χ2n) is 5.44. The van der Waals surface area contributed by atoms with Gasteiger partial charge in [-0.15, -0.1) is 10.2 Å². The lowest BCUT2D eigenvalue weighted by atomic mass is 10.3. The third-order valence-corrected chi connectivity index (χ3v) is 3.78. The summed E-state index contributed by atoms with van der Waals surface area (Å²) in [6, 6.07) is 5.00. The molecule has 3 aromatic rings. The zero-order valence-electron chi connectivity index (χ0n) is 13.9. The van der Waals surface area contributed by atoms with Crippen molar-refractivity contribution < 1.29 is 4.79 Å². The van der Waals surface area contributed by atoms with E-state index >= 15 is 0 Å². The van der Waals surface area contributed by atoms with Gasteiger partial charge in [0.1, 0.15) is 0 Å². The number of hydrogen-bond acceptors (Lipinski definition) is 6. The molecule has 0 fully saturated rings. The molecule has 128 valence electrons. The molecule has 0 spiro atoms. The zero-order chi connectivity index (χ0) is 17.8. The van der Waals surface area contributed by atoms with E-state index in [-0.39, 0.29) is 23.7 Å². The van der Waals surface area contributed by atoms with Gasteiger partial charge in [-0.1, -0.05) is 0 Å². The smallest absolute Gasteiger partial charge is 0.271 e. The van der Waals surface area contributed by atoms with Gasteiger partial charge in [-0.25, -0.2) is 9.67 Å². The van der Waals surface area contributed by atoms with Gasteiger partial charge in [0.05, 0.1) is 6.33 Å². The molecule has 0 saturated heterocycles. The molecule has 25 heavy (non-hydrogen) atoms. The second-order valence-corrected chi connectivity index (χ2v) is 5.44. The lowest BCUT2D eigenvalue weighted by molar-refractivity contribution is 0.0946. The van der Waals surface area contributed by atoms with Gasteiger partial charge in [0.15, 0.2) is 11.5 Å². The lowest BCUT2D eigenvalue weighted by Gasteiger charge is -2.08. The van der Waals surface area contributed by atoms with Crippen molar-refractivity contribution in [1.82, 2.24) is 34.8 Å². The molecule has 0 atom stereocenters. The van der Waals surface area contributed by atoms with Crippen molar-refractivity contribution in [3.8, 4) is 5.82 Å². The molecule has 1 amide bonds. The molecule has 0 aliphatic heterocycles. The highest BCUT2D eigenvalue weighted by atomic mass is 16.2. The molecule has 3 aromatic heterocycles. The maximum atomic E-state index is 12.1. The number of hydrogen-bond donors (Lipinski definition) is 1. The van der Waals surface area contributed by atoms with Crippen molar-refractivity contribution in [3.63, 3.8) is 0 Å². The van der Waals surface area contributed by atoms with E-state index in [1.807, 2.05) is 0 Å². The Morgan fingerprint density at radius 1 is 1.24 bits per heavy atom. The zero-order valence-corrected chi connectivity index (χ0v) is 13.9. The lowest BCUT2D eigenvalue weighted by Crippen LogP contribution is -2.32. The van der Waals surface area contributed by atoms with E-state index in [4.69, 9.17) is 0 Å². The van der Waals surface area contributed by atoms with Crippen molar-refractivity contribution in [2.45, 2.75) is 20.4 Å². The highest BCUT2D eigenvalue weighted by Gasteiger charge is 2.09. The summed E-state index contributed by atoms with van der Waals surface area (Å²) in [4.78, 5) is 28.3. The second kappa shape index (κ2) is 7.04. The first-order valence-electron chi connectivity index (χ1n) is 7.71. The minimum Gasteiger partial charge on any atom is -0.349 e. The number of rotatable bonds is 5. The van der Waals surface area contributed by atoms with Gasteiger partial charge in [-0.05, 0) is 32.0 Å². The standard InChI is InChI=1S/C16H17N7O2/c1-11-12(2)18-10-22(16(11)25)9-7-17-15(24)13-4-5-14(21-20-13)23-8-3-6-19-23/h3-6,8,10H,7,9H2,1-2H3,(H,17,24). The summed E-state index contributed by atoms with van der Waals surface area (Å²) in [5.74, 6) is 0.165. The summed E-state index contributed by atoms with van der Waals surface area (Å²) in [6.07, 6.45) is 4.85. The van der Waals surface area contributed by atoms with Crippen LogP contribution < -0.4 is 10.9 Å². The maximum absolute atomic E-state index is 12.1. The fraction of sp³-hybridized carbons (Fsp3) is 0.250. The summed E-state index contributed by atoms with van der Waals surface area (Å²) in [5.41, 5.74) is 1.40. The Bertz CT molecular complexity index is 930. The van der Waals surface area contributed by atoms with Crippen LogP contribution in [0.1, 0.15) is 21.7 Å². The van der Waals surface area contributed by atoms with Gasteiger partial charge in [0.25, 0.3) is 11.5 Å². The first-order valence-corrected chi connectivity index (χ1v) is 7.71. The minimum atomic E-state index is -0.357. The van der Waals surface area contributed by atoms with Crippen LogP contribution in [0, 0.1) is 13.8 Å². The van der Waals surface area contributed by atoms with Crippen LogP contribution in [-0.4, -0.2) is 42.0 Å². The van der Waals surface area contributed by atoms with Crippen LogP contribution in [0.2, 0.25) is 0 Å². The summed E-state index contributed by atoms with van der Waals surface area (Å²) >= 11 is 0. The van der Waals surface area contributed by atoms with E-state index < -0.39 is 0 Å². The van der Waals surface area contributed by atoms with E-state index in [0.717, 1.165) is 0 Å². The highest BCUT2D eigenvalue weighted by molar-refractivity contribution is 5.92. The predicted octanol–water partition coefficient (Wildman–Crippen LogP) is 0.266. The molecular formula is C16H17N7O2. The number of carbonyl (C=O) groups excluding carboxylic acids is 1. The average molecular weight is 339 g/mol. The Morgan fingerprint density at radius 3 is 2.76 bits per heavy atom. The van der Waals surface area contributed by atoms with Gasteiger partial charge in [-0.3, -0.25) is 14.2 Å². The molecule has 3 heterocycles. The van der Waals surface area contributed by atoms with Crippen molar-refractivity contribution in [2.75, 3.05) is 6.54 Å². The Balaban J connectivity index is 1.60. The normalized spacial score (nSPS) is 10.6. The molecule has 9 nitrogen and oxygen atoms in total. The Labute approximate surface area is 143 Å². The summed E-state index contributed by atoms with van der Waals surface area (Å²) in [7, 11) is 0. The fourth-order valence-corrected chi connectivity index (χ4v) is 2.19. The number of amides is 1. The van der Waals surface area contributed by atoms with Gasteiger partial charge < -0.3 is 5.32 Å². The molecule has 0 bridgehead atoms. The number of nitrogens with zero attached hydrogens (tertiary/aromatic N) is 6. The largest absolute Gasteiger partial charge is 0.349 e. The molecular weight excluding hydrogens is 322 g/mol. The predicted molar refractivity (Wildman–Crippen MR) is 89.5 cm³/mol. The molecule has 0 aliphatic rings. The third-order valence-electron chi connectivity index (χ3n) is 3.78. The monoisotopic (exact) mass is 339 g/mol. The summed E-state index contributed by atoms with van der Waals surface area (Å²) in [5, 5.41) is 14.6. The maximum Gasteiger partial charge on any atom is 0.271 e. The van der Waals surface area contributed by atoms with Crippen molar-refractivity contribution in [2.24, 2.45) is 0 Å². The summed E-state index contributed by atoms with van der Waals surface area (Å²) in [6.45, 7) is 4.13. The fourth-order valence-electron chi connectivity index (χ4n) is 2.19. The van der Waals surface area contributed by atoms with Crippen molar-refractivity contribution in [1.29, 1.82) is 0 Å². The van der Waals surface area contributed by atoms with E-state index in [1.54, 1.807) is 49.1 Å². The van der Waals surface area contributed by atoms with Gasteiger partial charge in [0, 0.05) is 36.7 Å². The van der Waals surface area contributed by atoms with Crippen LogP contribution in [0.4, 0.5) is 0 Å². The molecule has 3 rings (SSSR count). The number of nitrogens with one attached hydrogen (secondary N) is 1. The molecule has 1 N–H and O–H groups in total. The van der Waals surface area contributed by atoms with E-state index in [0.29, 0.717) is 23.6 Å². The highest BCUT2D eigenvalue weighted by Crippen LogP contribution is 2.02. The first-order chi connectivity index (χ1) is 12.1. The summed E-state index contributed by atoms with van der Waals surface area (Å²) < 4.78 is 3.02. The Hall–Kier alpha value is -3.36. The Morgan fingerprint density at radius 2 is 2.08 bits per heavy atom. The average Bonchev–Trinajstić information content (AvgIpc) is 3.16. The van der Waals surface area contributed by atoms with Crippen molar-refractivity contribution in [3.05, 3.63) is 64.2 Å². The van der Waals surface area contributed by atoms with Crippen LogP contribution >= 0.6 is 0 Å². The van der Waals surface area contributed by atoms with Gasteiger partial charge >= 0.3 is 0 Å². The van der Waals surface area contributed by atoms with Crippen LogP contribution in [0.15, 0.2) is 41.7 Å².